The van der Waals surface area contributed by atoms with Crippen LogP contribution in [0.15, 0.2) is 12.3 Å². The van der Waals surface area contributed by atoms with Crippen LogP contribution in [0.2, 0.25) is 0 Å². The molecule has 2 rings (SSSR count). The van der Waals surface area contributed by atoms with Crippen LogP contribution in [-0.2, 0) is 14.2 Å². The molecule has 0 bridgehead atoms. The zero-order valence-corrected chi connectivity index (χ0v) is 13.5. The average Bonchev–Trinajstić information content (AvgIpc) is 2.89. The monoisotopic (exact) mass is 282 g/mol. The fourth-order valence-electron chi connectivity index (χ4n) is 3.34. The lowest BCUT2D eigenvalue weighted by molar-refractivity contribution is -0.0302. The summed E-state index contributed by atoms with van der Waals surface area (Å²) in [5, 5.41) is 0. The first kappa shape index (κ1) is 15.8. The summed E-state index contributed by atoms with van der Waals surface area (Å²) in [4.78, 5) is 0. The Bertz CT molecular complexity index is 341. The van der Waals surface area contributed by atoms with Crippen molar-refractivity contribution >= 4 is 0 Å². The zero-order valence-electron chi connectivity index (χ0n) is 13.5. The second-order valence-electron chi connectivity index (χ2n) is 6.52. The molecule has 0 N–H and O–H groups in total. The van der Waals surface area contributed by atoms with Crippen molar-refractivity contribution in [2.45, 2.75) is 71.2 Å². The lowest BCUT2D eigenvalue weighted by atomic mass is 9.88. The van der Waals surface area contributed by atoms with Gasteiger partial charge in [0.1, 0.15) is 11.7 Å². The first-order chi connectivity index (χ1) is 9.52. The maximum Gasteiger partial charge on any atom is 0.150 e. The Hall–Kier alpha value is -0.540. The highest BCUT2D eigenvalue weighted by Crippen LogP contribution is 2.42. The van der Waals surface area contributed by atoms with Gasteiger partial charge in [-0.15, -0.1) is 0 Å². The van der Waals surface area contributed by atoms with Gasteiger partial charge < -0.3 is 14.2 Å². The van der Waals surface area contributed by atoms with Crippen molar-refractivity contribution in [1.29, 1.82) is 0 Å². The maximum atomic E-state index is 6.14. The van der Waals surface area contributed by atoms with E-state index in [1.807, 2.05) is 0 Å². The predicted molar refractivity (Wildman–Crippen MR) is 80.6 cm³/mol. The number of hydrogen-bond donors (Lipinski definition) is 0. The lowest BCUT2D eigenvalue weighted by Crippen LogP contribution is -2.40. The van der Waals surface area contributed by atoms with E-state index in [9.17, 15) is 0 Å². The minimum atomic E-state index is -0.184. The van der Waals surface area contributed by atoms with Crippen LogP contribution < -0.4 is 0 Å². The van der Waals surface area contributed by atoms with E-state index in [-0.39, 0.29) is 17.8 Å². The number of rotatable bonds is 7. The van der Waals surface area contributed by atoms with Gasteiger partial charge in [-0.3, -0.25) is 0 Å². The number of hydrogen-bond acceptors (Lipinski definition) is 3. The van der Waals surface area contributed by atoms with Crippen LogP contribution in [0.3, 0.4) is 0 Å². The van der Waals surface area contributed by atoms with Crippen LogP contribution in [0.1, 0.15) is 53.4 Å². The maximum absolute atomic E-state index is 6.14. The van der Waals surface area contributed by atoms with Crippen LogP contribution in [-0.4, -0.2) is 31.0 Å². The van der Waals surface area contributed by atoms with E-state index in [4.69, 9.17) is 14.2 Å². The molecule has 2 unspecified atom stereocenters. The molecule has 116 valence electrons. The third kappa shape index (κ3) is 2.89. The van der Waals surface area contributed by atoms with E-state index < -0.39 is 0 Å². The number of unbranched alkanes of at least 4 members (excludes halogenated alkanes) is 1. The summed E-state index contributed by atoms with van der Waals surface area (Å²) in [5.41, 5.74) is -0.184. The molecule has 0 amide bonds. The fourth-order valence-corrected chi connectivity index (χ4v) is 3.34. The molecule has 3 heteroatoms. The molecule has 2 aliphatic rings. The van der Waals surface area contributed by atoms with Gasteiger partial charge >= 0.3 is 0 Å². The Kier molecular flexibility index (Phi) is 5.14. The number of ether oxygens (including phenoxy) is 3. The van der Waals surface area contributed by atoms with Crippen LogP contribution in [0, 0.1) is 11.8 Å². The molecule has 0 aromatic rings. The van der Waals surface area contributed by atoms with E-state index in [2.05, 4.69) is 34.3 Å². The van der Waals surface area contributed by atoms with Gasteiger partial charge in [-0.1, -0.05) is 40.2 Å². The van der Waals surface area contributed by atoms with Crippen LogP contribution >= 0.6 is 0 Å². The molecule has 5 atom stereocenters. The standard InChI is InChI=1S/C17H30O3/c1-6-8-9-14(7-2)13(4)20-15-11-19-17(5)12(3)10-18-16(15)17/h12,14-16H,4,6-11H2,1-3,5H3/t12-,14+,15?,16?,17-/m1/s1. The van der Waals surface area contributed by atoms with Crippen LogP contribution in [0.4, 0.5) is 0 Å². The van der Waals surface area contributed by atoms with Gasteiger partial charge in [0.15, 0.2) is 6.10 Å². The summed E-state index contributed by atoms with van der Waals surface area (Å²) in [6.45, 7) is 14.3. The third-order valence-corrected chi connectivity index (χ3v) is 5.12. The second-order valence-corrected chi connectivity index (χ2v) is 6.52. The molecule has 0 saturated carbocycles. The van der Waals surface area contributed by atoms with Gasteiger partial charge in [0.25, 0.3) is 0 Å². The van der Waals surface area contributed by atoms with Crippen molar-refractivity contribution in [3.63, 3.8) is 0 Å². The minimum Gasteiger partial charge on any atom is -0.490 e. The largest absolute Gasteiger partial charge is 0.490 e. The SMILES string of the molecule is C=C(OC1CO[C@@]2(C)C1OC[C@H]2C)[C@@H](CC)CCCC. The highest BCUT2D eigenvalue weighted by atomic mass is 16.6. The third-order valence-electron chi connectivity index (χ3n) is 5.12. The molecule has 2 aliphatic heterocycles. The second kappa shape index (κ2) is 6.48. The molecule has 3 nitrogen and oxygen atoms in total. The first-order valence-electron chi connectivity index (χ1n) is 8.13. The van der Waals surface area contributed by atoms with E-state index >= 15 is 0 Å². The van der Waals surface area contributed by atoms with Gasteiger partial charge in [0, 0.05) is 11.8 Å². The van der Waals surface area contributed by atoms with Gasteiger partial charge in [-0.2, -0.15) is 0 Å². The summed E-state index contributed by atoms with van der Waals surface area (Å²) in [7, 11) is 0. The molecule has 2 fully saturated rings. The van der Waals surface area contributed by atoms with Gasteiger partial charge in [0.2, 0.25) is 0 Å². The molecular weight excluding hydrogens is 252 g/mol. The molecule has 0 aliphatic carbocycles. The first-order valence-corrected chi connectivity index (χ1v) is 8.13. The van der Waals surface area contributed by atoms with E-state index in [1.54, 1.807) is 0 Å². The fraction of sp³-hybridized carbons (Fsp3) is 0.882. The molecule has 2 heterocycles. The Morgan fingerprint density at radius 1 is 1.40 bits per heavy atom. The minimum absolute atomic E-state index is 0.00752. The summed E-state index contributed by atoms with van der Waals surface area (Å²) < 4.78 is 18.0. The summed E-state index contributed by atoms with van der Waals surface area (Å²) in [6, 6.07) is 0. The molecule has 0 radical (unpaired) electrons. The molecule has 0 aromatic carbocycles. The van der Waals surface area contributed by atoms with Crippen LogP contribution in [0.5, 0.6) is 0 Å². The van der Waals surface area contributed by atoms with E-state index in [0.29, 0.717) is 18.4 Å². The Morgan fingerprint density at radius 2 is 2.15 bits per heavy atom. The summed E-state index contributed by atoms with van der Waals surface area (Å²) >= 11 is 0. The van der Waals surface area contributed by atoms with Crippen molar-refractivity contribution in [3.05, 3.63) is 12.3 Å². The molecule has 20 heavy (non-hydrogen) atoms. The Morgan fingerprint density at radius 3 is 2.80 bits per heavy atom. The average molecular weight is 282 g/mol. The van der Waals surface area contributed by atoms with Crippen LogP contribution in [0.25, 0.3) is 0 Å². The highest BCUT2D eigenvalue weighted by Gasteiger charge is 2.56. The summed E-state index contributed by atoms with van der Waals surface area (Å²) in [5.74, 6) is 1.80. The quantitative estimate of drug-likeness (QED) is 0.662. The van der Waals surface area contributed by atoms with Crippen molar-refractivity contribution in [2.75, 3.05) is 13.2 Å². The van der Waals surface area contributed by atoms with Gasteiger partial charge in [-0.05, 0) is 19.8 Å². The lowest BCUT2D eigenvalue weighted by Gasteiger charge is -2.28. The predicted octanol–water partition coefficient (Wildman–Crippen LogP) is 3.93. The van der Waals surface area contributed by atoms with Crippen molar-refractivity contribution in [3.8, 4) is 0 Å². The van der Waals surface area contributed by atoms with Crippen molar-refractivity contribution in [2.24, 2.45) is 11.8 Å². The molecular formula is C17H30O3. The molecule has 2 saturated heterocycles. The zero-order chi connectivity index (χ0) is 14.8. The molecule has 0 spiro atoms. The van der Waals surface area contributed by atoms with Crippen molar-refractivity contribution < 1.29 is 14.2 Å². The van der Waals surface area contributed by atoms with Crippen molar-refractivity contribution in [1.82, 2.24) is 0 Å². The number of fused-ring (bicyclic) bond motifs is 1. The highest BCUT2D eigenvalue weighted by molar-refractivity contribution is 5.05. The van der Waals surface area contributed by atoms with E-state index in [1.165, 1.54) is 19.3 Å². The Balaban J connectivity index is 1.92. The van der Waals surface area contributed by atoms with Gasteiger partial charge in [0.05, 0.1) is 19.0 Å². The molecule has 0 aromatic heterocycles. The summed E-state index contributed by atoms with van der Waals surface area (Å²) in [6.07, 6.45) is 4.77. The topological polar surface area (TPSA) is 27.7 Å². The van der Waals surface area contributed by atoms with Gasteiger partial charge in [-0.25, -0.2) is 0 Å². The normalized spacial score (nSPS) is 37.7. The smallest absolute Gasteiger partial charge is 0.150 e. The number of allylic oxidation sites excluding steroid dienone is 1. The van der Waals surface area contributed by atoms with E-state index in [0.717, 1.165) is 18.8 Å². The Labute approximate surface area is 123 Å².